The standard InChI is InChI=1S/C9H16N2OS2/c1-3-5-10-7(13)8(14)11(6-4-2)9(10)12/h13-14H,3-6H2,1-2H3. The number of imidazole rings is 1. The molecule has 0 spiro atoms. The van der Waals surface area contributed by atoms with E-state index in [2.05, 4.69) is 25.3 Å². The van der Waals surface area contributed by atoms with Crippen molar-refractivity contribution in [1.29, 1.82) is 0 Å². The van der Waals surface area contributed by atoms with Crippen LogP contribution in [0.1, 0.15) is 26.7 Å². The first-order valence-electron chi connectivity index (χ1n) is 4.84. The Morgan fingerprint density at radius 3 is 1.64 bits per heavy atom. The highest BCUT2D eigenvalue weighted by atomic mass is 32.1. The first-order chi connectivity index (χ1) is 6.63. The van der Waals surface area contributed by atoms with Crippen molar-refractivity contribution in [3.05, 3.63) is 10.5 Å². The van der Waals surface area contributed by atoms with Gasteiger partial charge in [-0.2, -0.15) is 0 Å². The Morgan fingerprint density at radius 2 is 1.36 bits per heavy atom. The van der Waals surface area contributed by atoms with E-state index in [4.69, 9.17) is 0 Å². The third-order valence-corrected chi connectivity index (χ3v) is 3.15. The largest absolute Gasteiger partial charge is 0.329 e. The van der Waals surface area contributed by atoms with Crippen molar-refractivity contribution in [2.45, 2.75) is 49.8 Å². The van der Waals surface area contributed by atoms with Gasteiger partial charge < -0.3 is 0 Å². The second-order valence-electron chi connectivity index (χ2n) is 3.23. The summed E-state index contributed by atoms with van der Waals surface area (Å²) < 4.78 is 3.34. The summed E-state index contributed by atoms with van der Waals surface area (Å²) in [5, 5.41) is 1.35. The van der Waals surface area contributed by atoms with E-state index in [-0.39, 0.29) is 5.69 Å². The van der Waals surface area contributed by atoms with Crippen LogP contribution in [0.15, 0.2) is 14.8 Å². The minimum atomic E-state index is 0.00343. The second kappa shape index (κ2) is 4.98. The van der Waals surface area contributed by atoms with Gasteiger partial charge in [-0.05, 0) is 12.8 Å². The van der Waals surface area contributed by atoms with Crippen LogP contribution < -0.4 is 5.69 Å². The van der Waals surface area contributed by atoms with Gasteiger partial charge in [0.05, 0.1) is 0 Å². The fraction of sp³-hybridized carbons (Fsp3) is 0.667. The lowest BCUT2D eigenvalue weighted by atomic mass is 10.5. The van der Waals surface area contributed by atoms with Crippen LogP contribution in [0.25, 0.3) is 0 Å². The molecule has 0 saturated carbocycles. The molecular formula is C9H16N2OS2. The molecule has 0 bridgehead atoms. The molecule has 1 heterocycles. The zero-order valence-corrected chi connectivity index (χ0v) is 10.3. The maximum Gasteiger partial charge on any atom is 0.329 e. The molecule has 0 aliphatic heterocycles. The van der Waals surface area contributed by atoms with Crippen LogP contribution in [-0.4, -0.2) is 9.13 Å². The molecule has 0 atom stereocenters. The van der Waals surface area contributed by atoms with Gasteiger partial charge in [0, 0.05) is 13.1 Å². The Hall–Kier alpha value is -0.290. The predicted octanol–water partition coefficient (Wildman–Crippen LogP) is 2.05. The molecular weight excluding hydrogens is 216 g/mol. The Morgan fingerprint density at radius 1 is 1.00 bits per heavy atom. The number of rotatable bonds is 4. The molecule has 80 valence electrons. The molecule has 1 rings (SSSR count). The van der Waals surface area contributed by atoms with Crippen molar-refractivity contribution in [3.63, 3.8) is 0 Å². The minimum absolute atomic E-state index is 0.00343. The first-order valence-corrected chi connectivity index (χ1v) is 5.74. The summed E-state index contributed by atoms with van der Waals surface area (Å²) in [5.74, 6) is 0. The van der Waals surface area contributed by atoms with E-state index in [1.54, 1.807) is 9.13 Å². The van der Waals surface area contributed by atoms with E-state index in [0.29, 0.717) is 23.1 Å². The fourth-order valence-electron chi connectivity index (χ4n) is 1.42. The van der Waals surface area contributed by atoms with Gasteiger partial charge in [0.25, 0.3) is 0 Å². The first kappa shape index (κ1) is 11.8. The fourth-order valence-corrected chi connectivity index (χ4v) is 2.03. The lowest BCUT2D eigenvalue weighted by molar-refractivity contribution is 0.573. The molecule has 0 fully saturated rings. The highest BCUT2D eigenvalue weighted by Gasteiger charge is 2.13. The van der Waals surface area contributed by atoms with Gasteiger partial charge in [0.15, 0.2) is 0 Å². The van der Waals surface area contributed by atoms with Crippen LogP contribution in [0, 0.1) is 0 Å². The molecule has 0 N–H and O–H groups in total. The molecule has 0 saturated heterocycles. The summed E-state index contributed by atoms with van der Waals surface area (Å²) >= 11 is 8.59. The Labute approximate surface area is 94.9 Å². The van der Waals surface area contributed by atoms with Crippen molar-refractivity contribution < 1.29 is 0 Å². The van der Waals surface area contributed by atoms with Gasteiger partial charge in [-0.3, -0.25) is 9.13 Å². The van der Waals surface area contributed by atoms with E-state index >= 15 is 0 Å². The molecule has 0 aromatic carbocycles. The highest BCUT2D eigenvalue weighted by molar-refractivity contribution is 7.83. The maximum atomic E-state index is 11.8. The Bertz CT molecular complexity index is 335. The summed E-state index contributed by atoms with van der Waals surface area (Å²) in [7, 11) is 0. The highest BCUT2D eigenvalue weighted by Crippen LogP contribution is 2.17. The lowest BCUT2D eigenvalue weighted by Gasteiger charge is -1.98. The number of thiol groups is 2. The van der Waals surface area contributed by atoms with Gasteiger partial charge >= 0.3 is 5.69 Å². The van der Waals surface area contributed by atoms with E-state index in [9.17, 15) is 4.79 Å². The van der Waals surface area contributed by atoms with E-state index in [1.165, 1.54) is 0 Å². The summed E-state index contributed by atoms with van der Waals surface area (Å²) in [6, 6.07) is 0. The normalized spacial score (nSPS) is 10.9. The van der Waals surface area contributed by atoms with Gasteiger partial charge in [-0.15, -0.1) is 25.3 Å². The molecule has 1 aromatic heterocycles. The third kappa shape index (κ3) is 2.03. The van der Waals surface area contributed by atoms with Crippen LogP contribution in [0.3, 0.4) is 0 Å². The van der Waals surface area contributed by atoms with Crippen LogP contribution >= 0.6 is 25.3 Å². The monoisotopic (exact) mass is 232 g/mol. The average Bonchev–Trinajstić information content (AvgIpc) is 2.36. The van der Waals surface area contributed by atoms with Crippen LogP contribution in [0.2, 0.25) is 0 Å². The maximum absolute atomic E-state index is 11.8. The van der Waals surface area contributed by atoms with Gasteiger partial charge in [0.2, 0.25) is 0 Å². The molecule has 0 unspecified atom stereocenters. The van der Waals surface area contributed by atoms with Crippen molar-refractivity contribution in [2.24, 2.45) is 0 Å². The average molecular weight is 232 g/mol. The number of hydrogen-bond donors (Lipinski definition) is 2. The smallest absolute Gasteiger partial charge is 0.286 e. The lowest BCUT2D eigenvalue weighted by Crippen LogP contribution is -2.24. The van der Waals surface area contributed by atoms with Crippen LogP contribution in [-0.2, 0) is 13.1 Å². The molecule has 14 heavy (non-hydrogen) atoms. The molecule has 1 aromatic rings. The minimum Gasteiger partial charge on any atom is -0.286 e. The van der Waals surface area contributed by atoms with Crippen LogP contribution in [0.4, 0.5) is 0 Å². The molecule has 0 aliphatic rings. The van der Waals surface area contributed by atoms with Crippen molar-refractivity contribution >= 4 is 25.3 Å². The van der Waals surface area contributed by atoms with Crippen molar-refractivity contribution in [1.82, 2.24) is 9.13 Å². The number of hydrogen-bond acceptors (Lipinski definition) is 3. The van der Waals surface area contributed by atoms with Gasteiger partial charge in [0.1, 0.15) is 10.1 Å². The van der Waals surface area contributed by atoms with Crippen molar-refractivity contribution in [2.75, 3.05) is 0 Å². The number of nitrogens with zero attached hydrogens (tertiary/aromatic N) is 2. The second-order valence-corrected chi connectivity index (χ2v) is 4.08. The van der Waals surface area contributed by atoms with Crippen molar-refractivity contribution in [3.8, 4) is 0 Å². The Kier molecular flexibility index (Phi) is 4.19. The zero-order valence-electron chi connectivity index (χ0n) is 8.53. The summed E-state index contributed by atoms with van der Waals surface area (Å²) in [6.45, 7) is 5.49. The van der Waals surface area contributed by atoms with Gasteiger partial charge in [-0.1, -0.05) is 13.8 Å². The number of aromatic nitrogens is 2. The molecule has 3 nitrogen and oxygen atoms in total. The van der Waals surface area contributed by atoms with Crippen LogP contribution in [0.5, 0.6) is 0 Å². The Balaban J connectivity index is 3.19. The van der Waals surface area contributed by atoms with Gasteiger partial charge in [-0.25, -0.2) is 4.79 Å². The summed E-state index contributed by atoms with van der Waals surface area (Å²) in [5.41, 5.74) is 0.00343. The van der Waals surface area contributed by atoms with E-state index < -0.39 is 0 Å². The predicted molar refractivity (Wildman–Crippen MR) is 63.8 cm³/mol. The molecule has 5 heteroatoms. The van der Waals surface area contributed by atoms with E-state index in [0.717, 1.165) is 12.8 Å². The summed E-state index contributed by atoms with van der Waals surface area (Å²) in [4.78, 5) is 11.8. The zero-order chi connectivity index (χ0) is 10.7. The third-order valence-electron chi connectivity index (χ3n) is 2.07. The topological polar surface area (TPSA) is 26.9 Å². The molecule has 0 radical (unpaired) electrons. The van der Waals surface area contributed by atoms with E-state index in [1.807, 2.05) is 13.8 Å². The molecule has 0 aliphatic carbocycles. The molecule has 0 amide bonds. The SMILES string of the molecule is CCCn1c(S)c(S)n(CCC)c1=O. The summed E-state index contributed by atoms with van der Waals surface area (Å²) in [6.07, 6.45) is 1.85. The quantitative estimate of drug-likeness (QED) is 0.764.